The van der Waals surface area contributed by atoms with Gasteiger partial charge in [-0.1, -0.05) is 46.6 Å². The molecule has 7 nitrogen and oxygen atoms in total. The van der Waals surface area contributed by atoms with Crippen LogP contribution >= 0.6 is 7.82 Å². The largest absolute Gasteiger partial charge is 0.756 e. The van der Waals surface area contributed by atoms with Crippen molar-refractivity contribution in [1.82, 2.24) is 0 Å². The first-order chi connectivity index (χ1) is 13.6. The van der Waals surface area contributed by atoms with Crippen LogP contribution in [0.1, 0.15) is 79.1 Å². The molecule has 0 aliphatic carbocycles. The normalized spacial score (nSPS) is 15.0. The van der Waals surface area contributed by atoms with Crippen LogP contribution in [0.3, 0.4) is 0 Å². The maximum Gasteiger partial charge on any atom is 0.333 e. The van der Waals surface area contributed by atoms with E-state index in [1.807, 2.05) is 0 Å². The molecule has 0 aromatic heterocycles. The lowest BCUT2D eigenvalue weighted by molar-refractivity contribution is -0.952. The monoisotopic (exact) mass is 435 g/mol. The smallest absolute Gasteiger partial charge is 0.333 e. The predicted octanol–water partition coefficient (Wildman–Crippen LogP) is 3.95. The number of rotatable bonds is 18. The summed E-state index contributed by atoms with van der Waals surface area (Å²) in [4.78, 5) is 31.8. The zero-order valence-corrected chi connectivity index (χ0v) is 19.8. The van der Waals surface area contributed by atoms with Crippen molar-refractivity contribution >= 4 is 13.8 Å². The number of phosphoric ester groups is 1. The Morgan fingerprint density at radius 3 is 1.86 bits per heavy atom. The van der Waals surface area contributed by atoms with E-state index in [0.29, 0.717) is 18.4 Å². The molecular formula is C21H42NO6P. The molecule has 0 rings (SSSR count). The van der Waals surface area contributed by atoms with E-state index in [-0.39, 0.29) is 19.3 Å². The van der Waals surface area contributed by atoms with Gasteiger partial charge in [0, 0.05) is 18.4 Å². The van der Waals surface area contributed by atoms with Crippen LogP contribution in [0.2, 0.25) is 0 Å². The lowest BCUT2D eigenvalue weighted by Gasteiger charge is -2.46. The molecule has 0 radical (unpaired) electrons. The Labute approximate surface area is 177 Å². The minimum absolute atomic E-state index is 0.0687. The summed E-state index contributed by atoms with van der Waals surface area (Å²) in [5.41, 5.74) is 0.362. The molecule has 0 fully saturated rings. The number of nitrogens with zero attached hydrogens (tertiary/aromatic N) is 1. The molecule has 0 aliphatic heterocycles. The molecule has 0 saturated heterocycles. The summed E-state index contributed by atoms with van der Waals surface area (Å²) in [5, 5.41) is 0. The summed E-state index contributed by atoms with van der Waals surface area (Å²) in [6.45, 7) is 14.9. The Balaban J connectivity index is 5.50. The third kappa shape index (κ3) is 12.5. The van der Waals surface area contributed by atoms with E-state index >= 15 is 0 Å². The van der Waals surface area contributed by atoms with E-state index in [9.17, 15) is 14.3 Å². The number of quaternary nitrogens is 1. The number of ether oxygens (including phenoxy) is 1. The van der Waals surface area contributed by atoms with Crippen molar-refractivity contribution in [2.75, 3.05) is 32.8 Å². The van der Waals surface area contributed by atoms with Gasteiger partial charge >= 0.3 is 5.97 Å². The summed E-state index contributed by atoms with van der Waals surface area (Å²) in [7, 11) is -4.75. The third-order valence-corrected chi connectivity index (χ3v) is 5.89. The van der Waals surface area contributed by atoms with Crippen LogP contribution in [0.4, 0.5) is 0 Å². The molecule has 172 valence electrons. The Morgan fingerprint density at radius 2 is 1.48 bits per heavy atom. The molecule has 0 amide bonds. The van der Waals surface area contributed by atoms with Gasteiger partial charge < -0.3 is 23.5 Å². The fourth-order valence-corrected chi connectivity index (χ4v) is 4.05. The van der Waals surface area contributed by atoms with Gasteiger partial charge in [-0.15, -0.1) is 0 Å². The van der Waals surface area contributed by atoms with E-state index in [0.717, 1.165) is 62.6 Å². The van der Waals surface area contributed by atoms with Gasteiger partial charge in [0.05, 0.1) is 38.9 Å². The summed E-state index contributed by atoms with van der Waals surface area (Å²) in [6.07, 6.45) is 7.58. The van der Waals surface area contributed by atoms with Crippen molar-refractivity contribution < 1.29 is 32.9 Å². The van der Waals surface area contributed by atoms with Gasteiger partial charge in [0.25, 0.3) is 7.82 Å². The highest BCUT2D eigenvalue weighted by Crippen LogP contribution is 2.32. The van der Waals surface area contributed by atoms with Crippen LogP contribution < -0.4 is 4.89 Å². The summed E-state index contributed by atoms with van der Waals surface area (Å²) >= 11 is 0. The number of carbonyl (C=O) groups excluding carboxylic acids is 1. The van der Waals surface area contributed by atoms with Gasteiger partial charge in [-0.3, -0.25) is 4.57 Å². The molecular weight excluding hydrogens is 393 g/mol. The zero-order chi connectivity index (χ0) is 22.3. The van der Waals surface area contributed by atoms with Crippen LogP contribution in [0.5, 0.6) is 0 Å². The lowest BCUT2D eigenvalue weighted by Crippen LogP contribution is -2.57. The number of hydrogen-bond donors (Lipinski definition) is 1. The van der Waals surface area contributed by atoms with Crippen LogP contribution in [-0.4, -0.2) is 54.2 Å². The molecule has 0 spiro atoms. The van der Waals surface area contributed by atoms with Gasteiger partial charge in [0.2, 0.25) is 0 Å². The van der Waals surface area contributed by atoms with Crippen LogP contribution in [0.15, 0.2) is 12.2 Å². The average molecular weight is 436 g/mol. The fourth-order valence-electron chi connectivity index (χ4n) is 3.71. The molecule has 0 heterocycles. The van der Waals surface area contributed by atoms with Crippen molar-refractivity contribution in [3.63, 3.8) is 0 Å². The van der Waals surface area contributed by atoms with Gasteiger partial charge in [0.1, 0.15) is 0 Å². The molecule has 0 aromatic rings. The number of carbonyl (C=O) groups is 1. The SMILES string of the molecule is C=C(C)C(=O)OCCC(CCOP(=O)([O-])O)[N+](CCCC)(CCCC)CCCC. The molecule has 0 aliphatic rings. The standard InChI is InChI=1S/C21H42NO6P/c1-6-9-14-22(15-10-7-2,16-11-8-3)20(13-18-28-29(24,25)26)12-17-27-21(23)19(4)5/h20H,4,6-18H2,1-3,5H3,(H-,24,25,26). The molecule has 0 aromatic carbocycles. The van der Waals surface area contributed by atoms with Crippen molar-refractivity contribution in [1.29, 1.82) is 0 Å². The van der Waals surface area contributed by atoms with Crippen molar-refractivity contribution in [3.05, 3.63) is 12.2 Å². The van der Waals surface area contributed by atoms with E-state index in [1.165, 1.54) is 0 Å². The van der Waals surface area contributed by atoms with E-state index in [2.05, 4.69) is 31.9 Å². The maximum atomic E-state index is 11.8. The first-order valence-corrected chi connectivity index (χ1v) is 12.5. The Kier molecular flexibility index (Phi) is 14.8. The third-order valence-electron chi connectivity index (χ3n) is 5.38. The summed E-state index contributed by atoms with van der Waals surface area (Å²) in [6, 6.07) is 0.0871. The quantitative estimate of drug-likeness (QED) is 0.152. The average Bonchev–Trinajstić information content (AvgIpc) is 2.65. The Bertz CT molecular complexity index is 498. The second kappa shape index (κ2) is 15.1. The first-order valence-electron chi connectivity index (χ1n) is 11.0. The van der Waals surface area contributed by atoms with Gasteiger partial charge in [-0.05, 0) is 26.2 Å². The zero-order valence-electron chi connectivity index (χ0n) is 18.9. The minimum atomic E-state index is -4.75. The van der Waals surface area contributed by atoms with Crippen molar-refractivity contribution in [3.8, 4) is 0 Å². The number of hydrogen-bond acceptors (Lipinski definition) is 5. The molecule has 1 N–H and O–H groups in total. The van der Waals surface area contributed by atoms with E-state index in [1.54, 1.807) is 6.92 Å². The van der Waals surface area contributed by atoms with E-state index in [4.69, 9.17) is 9.63 Å². The Hall–Kier alpha value is -0.720. The van der Waals surface area contributed by atoms with Crippen LogP contribution in [-0.2, 0) is 18.6 Å². The molecule has 2 unspecified atom stereocenters. The number of phosphoric acid groups is 1. The van der Waals surface area contributed by atoms with Gasteiger partial charge in [-0.2, -0.15) is 0 Å². The maximum absolute atomic E-state index is 11.8. The topological polar surface area (TPSA) is 95.9 Å². The number of esters is 1. The highest BCUT2D eigenvalue weighted by molar-refractivity contribution is 7.44. The second-order valence-electron chi connectivity index (χ2n) is 7.90. The Morgan fingerprint density at radius 1 is 1.03 bits per heavy atom. The van der Waals surface area contributed by atoms with Crippen LogP contribution in [0.25, 0.3) is 0 Å². The highest BCUT2D eigenvalue weighted by Gasteiger charge is 2.35. The first kappa shape index (κ1) is 28.3. The lowest BCUT2D eigenvalue weighted by atomic mass is 10.0. The molecule has 29 heavy (non-hydrogen) atoms. The van der Waals surface area contributed by atoms with Gasteiger partial charge in [-0.25, -0.2) is 4.79 Å². The van der Waals surface area contributed by atoms with Crippen molar-refractivity contribution in [2.45, 2.75) is 85.1 Å². The summed E-state index contributed by atoms with van der Waals surface area (Å²) < 4.78 is 21.9. The summed E-state index contributed by atoms with van der Waals surface area (Å²) in [5.74, 6) is -0.409. The van der Waals surface area contributed by atoms with Gasteiger partial charge in [0.15, 0.2) is 0 Å². The number of unbranched alkanes of at least 4 members (excludes halogenated alkanes) is 3. The predicted molar refractivity (Wildman–Crippen MR) is 114 cm³/mol. The fraction of sp³-hybridized carbons (Fsp3) is 0.857. The van der Waals surface area contributed by atoms with Crippen LogP contribution in [0, 0.1) is 0 Å². The van der Waals surface area contributed by atoms with Crippen molar-refractivity contribution in [2.24, 2.45) is 0 Å². The minimum Gasteiger partial charge on any atom is -0.756 e. The van der Waals surface area contributed by atoms with E-state index < -0.39 is 13.8 Å². The molecule has 2 atom stereocenters. The highest BCUT2D eigenvalue weighted by atomic mass is 31.2. The molecule has 8 heteroatoms. The molecule has 0 bridgehead atoms. The molecule has 0 saturated carbocycles. The second-order valence-corrected chi connectivity index (χ2v) is 9.09.